The Hall–Kier alpha value is -7.44. The molecule has 6 aromatic rings. The van der Waals surface area contributed by atoms with Crippen LogP contribution in [-0.2, 0) is 95.7 Å². The first-order chi connectivity index (χ1) is 58.1. The molecule has 8 N–H and O–H groups in total. The largest absolute Gasteiger partial charge is 0.481 e. The second kappa shape index (κ2) is 50.0. The lowest BCUT2D eigenvalue weighted by atomic mass is 9.93. The van der Waals surface area contributed by atoms with E-state index in [-0.39, 0.29) is 78.5 Å². The predicted octanol–water partition coefficient (Wildman–Crippen LogP) is 18.6. The number of rotatable bonds is 27. The molecule has 0 amide bonds. The van der Waals surface area contributed by atoms with Crippen LogP contribution >= 0.6 is 23.2 Å². The third-order valence-electron chi connectivity index (χ3n) is 25.7. The van der Waals surface area contributed by atoms with Crippen LogP contribution in [0.4, 0.5) is 0 Å². The molecule has 22 heteroatoms. The van der Waals surface area contributed by atoms with Crippen LogP contribution in [0.5, 0.6) is 0 Å². The van der Waals surface area contributed by atoms with Crippen LogP contribution in [0.3, 0.4) is 0 Å². The maximum absolute atomic E-state index is 12.7. The summed E-state index contributed by atoms with van der Waals surface area (Å²) in [4.78, 5) is 70.1. The van der Waals surface area contributed by atoms with Gasteiger partial charge in [0.05, 0.1) is 72.1 Å². The molecule has 1 heterocycles. The summed E-state index contributed by atoms with van der Waals surface area (Å²) in [5, 5.41) is 76.9. The highest BCUT2D eigenvalue weighted by molar-refractivity contribution is 6.64. The van der Waals surface area contributed by atoms with Gasteiger partial charge in [0, 0.05) is 6.92 Å². The lowest BCUT2D eigenvalue weighted by molar-refractivity contribution is -0.367. The van der Waals surface area contributed by atoms with Gasteiger partial charge in [0.25, 0.3) is 0 Å². The highest BCUT2D eigenvalue weighted by Crippen LogP contribution is 2.36. The molecule has 6 saturated carbocycles. The Morgan fingerprint density at radius 3 is 0.648 bits per heavy atom. The molecule has 670 valence electrons. The topological polar surface area (TPSA) is 320 Å². The van der Waals surface area contributed by atoms with Gasteiger partial charge in [-0.1, -0.05) is 203 Å². The molecular formula is C100H136Cl2O20. The molecule has 1 unspecified atom stereocenters. The molecule has 6 aliphatic carbocycles. The molecule has 0 bridgehead atoms. The average molecular weight is 1730 g/mol. The molecule has 1 aliphatic heterocycles. The Balaban J connectivity index is 0.000000191. The first kappa shape index (κ1) is 100.0. The SMILES string of the molecule is CC(Cl)OC(=O)[C@@H](C)c1ccc(C[C@H]2CCC[C@@H]2O)cc1.CC(OC(=O)[C@@H](C)c1ccc(C[C@H]2CCC[C@@H]2O)cc1)OC(=O)[C@@H](C)c1ccc(C[C@H]2CCC[C@@H]2O)cc1.CC1OC(C)OC(C)O1.C[C@H](C(=O)Cl)c1ccc(C[C@H]2CCC[C@@H]2O)cc1.C[C@H](C(=O)O)c1ccc(C[C@H]2CCC[C@@H]2O)cc1.C[C@H](C(=O)O)c1ccc(C[C@H]2CCC[C@@H]2O)cc1. The van der Waals surface area contributed by atoms with Gasteiger partial charge in [-0.2, -0.15) is 0 Å². The second-order valence-corrected chi connectivity index (χ2v) is 36.1. The zero-order valence-corrected chi connectivity index (χ0v) is 74.9. The first-order valence-electron chi connectivity index (χ1n) is 44.6. The Bertz CT molecular complexity index is 3840. The molecule has 13 rings (SSSR count). The van der Waals surface area contributed by atoms with Crippen LogP contribution in [0.2, 0.25) is 0 Å². The van der Waals surface area contributed by atoms with Crippen molar-refractivity contribution in [3.63, 3.8) is 0 Å². The molecular weight excluding hydrogens is 1590 g/mol. The molecule has 6 aromatic carbocycles. The zero-order chi connectivity index (χ0) is 88.9. The van der Waals surface area contributed by atoms with Crippen LogP contribution in [0.1, 0.15) is 294 Å². The van der Waals surface area contributed by atoms with Crippen molar-refractivity contribution in [2.24, 2.45) is 35.5 Å². The lowest BCUT2D eigenvalue weighted by Gasteiger charge is -2.30. The van der Waals surface area contributed by atoms with Gasteiger partial charge in [0.2, 0.25) is 11.5 Å². The Labute approximate surface area is 733 Å². The summed E-state index contributed by atoms with van der Waals surface area (Å²) in [7, 11) is 0. The van der Waals surface area contributed by atoms with Crippen molar-refractivity contribution in [2.45, 2.75) is 333 Å². The summed E-state index contributed by atoms with van der Waals surface area (Å²) < 4.78 is 31.2. The minimum absolute atomic E-state index is 0.135. The van der Waals surface area contributed by atoms with Gasteiger partial charge in [-0.25, -0.2) is 0 Å². The first-order valence-corrected chi connectivity index (χ1v) is 45.4. The van der Waals surface area contributed by atoms with E-state index in [2.05, 4.69) is 0 Å². The normalized spacial score (nSPS) is 26.3. The predicted molar refractivity (Wildman–Crippen MR) is 472 cm³/mol. The van der Waals surface area contributed by atoms with E-state index >= 15 is 0 Å². The van der Waals surface area contributed by atoms with Crippen molar-refractivity contribution in [2.75, 3.05) is 0 Å². The number of alkyl halides is 1. The van der Waals surface area contributed by atoms with E-state index in [0.717, 1.165) is 199 Å². The fraction of sp³-hybridized carbons (Fsp3) is 0.580. The quantitative estimate of drug-likeness (QED) is 0.0103. The van der Waals surface area contributed by atoms with Gasteiger partial charge in [0.15, 0.2) is 24.4 Å². The number of carboxylic acids is 2. The molecule has 7 fully saturated rings. The van der Waals surface area contributed by atoms with Gasteiger partial charge >= 0.3 is 29.8 Å². The number of carboxylic acid groups (broad SMARTS) is 2. The van der Waals surface area contributed by atoms with E-state index < -0.39 is 59.4 Å². The number of esters is 3. The van der Waals surface area contributed by atoms with E-state index in [1.54, 1.807) is 41.5 Å². The number of ether oxygens (including phenoxy) is 6. The van der Waals surface area contributed by atoms with E-state index in [0.29, 0.717) is 35.5 Å². The zero-order valence-electron chi connectivity index (χ0n) is 73.3. The molecule has 7 aliphatic rings. The Kier molecular flexibility index (Phi) is 41.0. The van der Waals surface area contributed by atoms with Crippen molar-refractivity contribution in [1.29, 1.82) is 0 Å². The van der Waals surface area contributed by atoms with Crippen LogP contribution in [-0.4, -0.2) is 143 Å². The number of hydrogen-bond donors (Lipinski definition) is 8. The van der Waals surface area contributed by atoms with Crippen LogP contribution in [0, 0.1) is 35.5 Å². The van der Waals surface area contributed by atoms with Gasteiger partial charge in [-0.15, -0.1) is 0 Å². The maximum atomic E-state index is 12.7. The summed E-state index contributed by atoms with van der Waals surface area (Å²) in [6.45, 7) is 19.3. The Morgan fingerprint density at radius 2 is 0.484 bits per heavy atom. The fourth-order valence-electron chi connectivity index (χ4n) is 17.6. The maximum Gasteiger partial charge on any atom is 0.316 e. The van der Waals surface area contributed by atoms with Crippen molar-refractivity contribution in [1.82, 2.24) is 0 Å². The number of halogens is 2. The Morgan fingerprint density at radius 1 is 0.303 bits per heavy atom. The van der Waals surface area contributed by atoms with Crippen LogP contribution in [0.25, 0.3) is 0 Å². The van der Waals surface area contributed by atoms with E-state index in [1.807, 2.05) is 180 Å². The minimum atomic E-state index is -0.994. The number of aliphatic hydroxyl groups excluding tert-OH is 6. The van der Waals surface area contributed by atoms with Crippen molar-refractivity contribution < 1.29 is 98.0 Å². The third-order valence-corrected chi connectivity index (χ3v) is 26.1. The highest BCUT2D eigenvalue weighted by Gasteiger charge is 2.33. The van der Waals surface area contributed by atoms with Crippen molar-refractivity contribution in [3.05, 3.63) is 212 Å². The number of carbonyl (C=O) groups is 6. The monoisotopic (exact) mass is 1730 g/mol. The molecule has 122 heavy (non-hydrogen) atoms. The van der Waals surface area contributed by atoms with Crippen molar-refractivity contribution in [3.8, 4) is 0 Å². The standard InChI is InChI=1S/C32H42O6.C17H23ClO3.C15H19ClO2.2C15H20O3.C6H12O3/c1-20(25-14-10-23(11-15-25)18-27-6-4-8-29(27)33)31(35)37-22(3)38-32(36)21(2)26-16-12-24(13-17-26)19-28-7-5-9-30(28)34;1-11(17(20)21-12(2)18)14-8-6-13(7-9-14)10-15-4-3-5-16(15)19;1-10(15(16)18)12-7-5-11(6-8-12)9-13-3-2-4-14(13)17;2*1-10(15(17)18)12-7-5-11(6-8-12)9-13-3-2-4-14(13)16;1-4-7-5(2)9-6(3)8-4/h10-17,20-22,27-30,33-34H,4-9,18-19H2,1-3H3;6-9,11-12,15-16,19H,3-5,10H2,1-2H3;5-8,10,13-14,17H,2-4,9H2,1H3;2*5-8,10,13-14,16H,2-4,9H2,1H3,(H,17,18);4-6H,1-3H3/t20-,21-,27+,28+,29-,30-;11-,12?,15+,16-;3*10-,13+,14-;/m00000./s1. The fourth-order valence-corrected chi connectivity index (χ4v) is 17.8. The van der Waals surface area contributed by atoms with Crippen molar-refractivity contribution >= 4 is 58.3 Å². The van der Waals surface area contributed by atoms with E-state index in [1.165, 1.54) is 22.3 Å². The molecule has 0 aromatic heterocycles. The van der Waals surface area contributed by atoms with Gasteiger partial charge in [0.1, 0.15) is 0 Å². The number of hydrogen-bond acceptors (Lipinski definition) is 18. The highest BCUT2D eigenvalue weighted by atomic mass is 35.5. The minimum Gasteiger partial charge on any atom is -0.481 e. The second-order valence-electron chi connectivity index (χ2n) is 35.1. The molecule has 1 saturated heterocycles. The number of aliphatic carboxylic acids is 2. The van der Waals surface area contributed by atoms with Crippen LogP contribution < -0.4 is 0 Å². The number of aliphatic hydroxyl groups is 6. The summed E-state index contributed by atoms with van der Waals surface area (Å²) in [5.74, 6) is -3.17. The summed E-state index contributed by atoms with van der Waals surface area (Å²) in [6.07, 6.45) is 21.4. The van der Waals surface area contributed by atoms with E-state index in [4.69, 9.17) is 61.8 Å². The van der Waals surface area contributed by atoms with E-state index in [9.17, 15) is 59.4 Å². The van der Waals surface area contributed by atoms with Gasteiger partial charge in [-0.3, -0.25) is 28.8 Å². The number of carbonyl (C=O) groups excluding carboxylic acids is 4. The molecule has 19 atom stereocenters. The summed E-state index contributed by atoms with van der Waals surface area (Å²) >= 11 is 11.2. The third kappa shape index (κ3) is 32.2. The summed E-state index contributed by atoms with van der Waals surface area (Å²) in [6, 6.07) is 47.2. The smallest absolute Gasteiger partial charge is 0.316 e. The average Bonchev–Trinajstić information content (AvgIpc) is 1.09. The van der Waals surface area contributed by atoms with Crippen LogP contribution in [0.15, 0.2) is 146 Å². The lowest BCUT2D eigenvalue weighted by Crippen LogP contribution is -2.35. The molecule has 20 nitrogen and oxygen atoms in total. The van der Waals surface area contributed by atoms with Gasteiger partial charge in [-0.05, 0) is 292 Å². The molecule has 0 spiro atoms. The van der Waals surface area contributed by atoms with Gasteiger partial charge < -0.3 is 69.3 Å². The number of benzene rings is 6. The summed E-state index contributed by atoms with van der Waals surface area (Å²) in [5.41, 5.74) is 11.7. The molecule has 0 radical (unpaired) electrons.